The predicted octanol–water partition coefficient (Wildman–Crippen LogP) is 28.3. The third-order valence-corrected chi connectivity index (χ3v) is 21.4. The molecule has 0 radical (unpaired) electrons. The first-order valence-corrected chi connectivity index (χ1v) is 49.1. The number of carbonyl (C=O) groups is 3. The van der Waals surface area contributed by atoms with Crippen molar-refractivity contribution in [3.8, 4) is 0 Å². The number of phosphoric ester groups is 2. The number of ether oxygens (including phenoxy) is 3. The van der Waals surface area contributed by atoms with Crippen molar-refractivity contribution in [1.82, 2.24) is 0 Å². The molecule has 0 fully saturated rings. The number of aliphatic hydroxyl groups is 2. The first kappa shape index (κ1) is 110. The van der Waals surface area contributed by atoms with Gasteiger partial charge in [0.05, 0.1) is 26.4 Å². The van der Waals surface area contributed by atoms with Crippen LogP contribution in [0.3, 0.4) is 0 Å². The van der Waals surface area contributed by atoms with E-state index < -0.39 is 91.5 Å². The van der Waals surface area contributed by atoms with Crippen LogP contribution in [0.15, 0.2) is 146 Å². The van der Waals surface area contributed by atoms with Crippen LogP contribution in [0.4, 0.5) is 0 Å². The van der Waals surface area contributed by atoms with Crippen LogP contribution in [0.1, 0.15) is 393 Å². The highest BCUT2D eigenvalue weighted by Crippen LogP contribution is 2.45. The molecule has 5 unspecified atom stereocenters. The van der Waals surface area contributed by atoms with Crippen molar-refractivity contribution in [2.45, 2.75) is 411 Å². The monoisotopic (exact) mass is 1650 g/mol. The maximum atomic E-state index is 13.1. The molecule has 0 saturated heterocycles. The standard InChI is InChI=1S/C97H168O16P2/c1-4-7-10-13-16-19-22-25-28-31-34-37-40-41-42-43-44-45-46-47-48-49-52-54-56-59-62-65-68-71-74-77-80-83-95(100)107-86-92(98)87-109-114(103,104)110-88-93(99)89-111-115(105,106)112-91-94(113-97(102)85-82-79-76-73-70-67-64-61-58-55-51-39-36-33-30-27-24-21-18-15-12-9-6-3)90-108-96(101)84-81-78-75-72-69-66-63-60-57-53-50-38-35-32-29-26-23-20-17-14-11-8-5-2/h16-21,25-30,34-39,41-42,53,55,57-58,92-94,98-99H,4-15,22-24,31-33,40,43-52,54,56,59-91H2,1-3H3,(H,103,104)(H,105,106)/b19-16-,20-17-,21-18-,28-25-,29-26-,30-27-,37-34-,38-35-,39-36-,42-41-,57-53-,58-55-. The summed E-state index contributed by atoms with van der Waals surface area (Å²) in [6.07, 6.45) is 112. The maximum Gasteiger partial charge on any atom is 0.472 e. The second-order valence-corrected chi connectivity index (χ2v) is 33.7. The zero-order valence-electron chi connectivity index (χ0n) is 72.9. The second-order valence-electron chi connectivity index (χ2n) is 30.7. The molecule has 4 N–H and O–H groups in total. The molecule has 0 rings (SSSR count). The van der Waals surface area contributed by atoms with E-state index in [0.29, 0.717) is 19.3 Å². The number of rotatable bonds is 87. The van der Waals surface area contributed by atoms with Gasteiger partial charge >= 0.3 is 33.6 Å². The molecule has 0 aliphatic heterocycles. The summed E-state index contributed by atoms with van der Waals surface area (Å²) in [4.78, 5) is 59.0. The number of phosphoric acid groups is 2. The number of hydrogen-bond acceptors (Lipinski definition) is 14. The third-order valence-electron chi connectivity index (χ3n) is 19.5. The van der Waals surface area contributed by atoms with Gasteiger partial charge in [-0.05, 0) is 154 Å². The molecule has 5 atom stereocenters. The highest BCUT2D eigenvalue weighted by Gasteiger charge is 2.29. The molecular formula is C97H168O16P2. The summed E-state index contributed by atoms with van der Waals surface area (Å²) in [6, 6.07) is 0. The van der Waals surface area contributed by atoms with E-state index in [-0.39, 0.29) is 19.3 Å². The van der Waals surface area contributed by atoms with E-state index in [9.17, 15) is 43.5 Å². The van der Waals surface area contributed by atoms with E-state index in [2.05, 4.69) is 167 Å². The summed E-state index contributed by atoms with van der Waals surface area (Å²) >= 11 is 0. The minimum atomic E-state index is -4.95. The van der Waals surface area contributed by atoms with Gasteiger partial charge in [-0.25, -0.2) is 9.13 Å². The Morgan fingerprint density at radius 3 is 0.687 bits per heavy atom. The number of aliphatic hydroxyl groups excluding tert-OH is 2. The molecule has 115 heavy (non-hydrogen) atoms. The quantitative estimate of drug-likeness (QED) is 0.0146. The Morgan fingerprint density at radius 1 is 0.243 bits per heavy atom. The van der Waals surface area contributed by atoms with Crippen LogP contribution in [0.5, 0.6) is 0 Å². The molecule has 662 valence electrons. The van der Waals surface area contributed by atoms with Gasteiger partial charge in [0.25, 0.3) is 0 Å². The van der Waals surface area contributed by atoms with Crippen molar-refractivity contribution in [3.05, 3.63) is 146 Å². The van der Waals surface area contributed by atoms with Crippen molar-refractivity contribution >= 4 is 33.6 Å². The van der Waals surface area contributed by atoms with Crippen molar-refractivity contribution in [3.63, 3.8) is 0 Å². The summed E-state index contributed by atoms with van der Waals surface area (Å²) < 4.78 is 61.5. The van der Waals surface area contributed by atoms with Crippen molar-refractivity contribution < 1.29 is 75.8 Å². The first-order chi connectivity index (χ1) is 56.2. The Labute approximate surface area is 702 Å². The smallest absolute Gasteiger partial charge is 0.463 e. The minimum absolute atomic E-state index is 0.0864. The van der Waals surface area contributed by atoms with E-state index in [4.69, 9.17) is 32.3 Å². The summed E-state index contributed by atoms with van der Waals surface area (Å²) in [5.41, 5.74) is 0. The van der Waals surface area contributed by atoms with Gasteiger partial charge in [-0.2, -0.15) is 0 Å². The molecule has 0 spiro atoms. The van der Waals surface area contributed by atoms with Gasteiger partial charge in [0.15, 0.2) is 6.10 Å². The lowest BCUT2D eigenvalue weighted by molar-refractivity contribution is -0.161. The van der Waals surface area contributed by atoms with E-state index >= 15 is 0 Å². The Hall–Kier alpha value is -4.57. The van der Waals surface area contributed by atoms with Gasteiger partial charge in [-0.1, -0.05) is 366 Å². The summed E-state index contributed by atoms with van der Waals surface area (Å²) in [7, 11) is -9.82. The molecule has 0 aromatic heterocycles. The average molecular weight is 1650 g/mol. The Kier molecular flexibility index (Phi) is 85.2. The highest BCUT2D eigenvalue weighted by atomic mass is 31.2. The van der Waals surface area contributed by atoms with Gasteiger partial charge in [-0.15, -0.1) is 0 Å². The van der Waals surface area contributed by atoms with Gasteiger partial charge in [-0.3, -0.25) is 32.5 Å². The largest absolute Gasteiger partial charge is 0.472 e. The normalized spacial score (nSPS) is 14.5. The number of esters is 3. The van der Waals surface area contributed by atoms with Gasteiger partial charge < -0.3 is 34.2 Å². The third kappa shape index (κ3) is 90.0. The van der Waals surface area contributed by atoms with E-state index in [1.54, 1.807) is 0 Å². The van der Waals surface area contributed by atoms with Crippen molar-refractivity contribution in [2.24, 2.45) is 0 Å². The maximum absolute atomic E-state index is 13.1. The molecule has 0 aromatic rings. The molecule has 0 heterocycles. The van der Waals surface area contributed by atoms with Crippen LogP contribution in [0, 0.1) is 0 Å². The fourth-order valence-corrected chi connectivity index (χ4v) is 14.1. The lowest BCUT2D eigenvalue weighted by Gasteiger charge is -2.21. The Balaban J connectivity index is 4.58. The predicted molar refractivity (Wildman–Crippen MR) is 482 cm³/mol. The number of allylic oxidation sites excluding steroid dienone is 24. The van der Waals surface area contributed by atoms with Crippen LogP contribution in [-0.2, 0) is 55.8 Å². The van der Waals surface area contributed by atoms with Crippen LogP contribution >= 0.6 is 15.6 Å². The van der Waals surface area contributed by atoms with Crippen LogP contribution in [0.2, 0.25) is 0 Å². The Bertz CT molecular complexity index is 2670. The highest BCUT2D eigenvalue weighted by molar-refractivity contribution is 7.47. The van der Waals surface area contributed by atoms with Crippen molar-refractivity contribution in [1.29, 1.82) is 0 Å². The fourth-order valence-electron chi connectivity index (χ4n) is 12.5. The topological polar surface area (TPSA) is 231 Å². The first-order valence-electron chi connectivity index (χ1n) is 46.1. The zero-order valence-corrected chi connectivity index (χ0v) is 74.7. The summed E-state index contributed by atoms with van der Waals surface area (Å²) in [5.74, 6) is -1.59. The Morgan fingerprint density at radius 2 is 0.435 bits per heavy atom. The SMILES string of the molecule is CCCCC/C=C\C/C=C\C/C=C\C/C=C\CCCCCCCCCCCCCCCCCCCC(=O)OCC(O)COP(=O)(O)OCC(O)COP(=O)(O)OCC(COC(=O)CCCCCCCCC/C=C\C/C=C\C/C=C\C/C=C\CCCCC)OC(=O)CCCCCCCCC/C=C\C/C=C\C/C=C\C/C=C\CCCCC. The van der Waals surface area contributed by atoms with Crippen LogP contribution < -0.4 is 0 Å². The molecular weight excluding hydrogens is 1480 g/mol. The van der Waals surface area contributed by atoms with Gasteiger partial charge in [0.1, 0.15) is 25.4 Å². The molecule has 18 heteroatoms. The zero-order chi connectivity index (χ0) is 83.6. The average Bonchev–Trinajstić information content (AvgIpc) is 0.906. The molecule has 0 aromatic carbocycles. The second kappa shape index (κ2) is 88.7. The lowest BCUT2D eigenvalue weighted by atomic mass is 10.0. The van der Waals surface area contributed by atoms with Crippen LogP contribution in [0.25, 0.3) is 0 Å². The summed E-state index contributed by atoms with van der Waals surface area (Å²) in [5, 5.41) is 20.7. The number of hydrogen-bond donors (Lipinski definition) is 4. The van der Waals surface area contributed by atoms with E-state index in [0.717, 1.165) is 167 Å². The lowest BCUT2D eigenvalue weighted by Crippen LogP contribution is -2.30. The minimum Gasteiger partial charge on any atom is -0.463 e. The van der Waals surface area contributed by atoms with E-state index in [1.165, 1.54) is 167 Å². The van der Waals surface area contributed by atoms with Gasteiger partial charge in [0, 0.05) is 19.3 Å². The molecule has 16 nitrogen and oxygen atoms in total. The van der Waals surface area contributed by atoms with Crippen molar-refractivity contribution in [2.75, 3.05) is 39.6 Å². The van der Waals surface area contributed by atoms with Gasteiger partial charge in [0.2, 0.25) is 0 Å². The molecule has 0 aliphatic carbocycles. The molecule has 0 amide bonds. The molecule has 0 bridgehead atoms. The fraction of sp³-hybridized carbons (Fsp3) is 0.722. The molecule has 0 aliphatic rings. The van der Waals surface area contributed by atoms with E-state index in [1.807, 2.05) is 0 Å². The molecule has 0 saturated carbocycles. The number of carbonyl (C=O) groups excluding carboxylic acids is 3. The number of unbranched alkanes of at least 4 members (excludes halogenated alkanes) is 40. The summed E-state index contributed by atoms with van der Waals surface area (Å²) in [6.45, 7) is 2.62. The van der Waals surface area contributed by atoms with Crippen LogP contribution in [-0.4, -0.2) is 95.9 Å².